The number of hydrogen-bond acceptors (Lipinski definition) is 6. The summed E-state index contributed by atoms with van der Waals surface area (Å²) in [7, 11) is 0. The molecule has 0 bridgehead atoms. The van der Waals surface area contributed by atoms with E-state index in [0.717, 1.165) is 10.5 Å². The summed E-state index contributed by atoms with van der Waals surface area (Å²) in [5, 5.41) is 16.6. The van der Waals surface area contributed by atoms with Gasteiger partial charge in [0.15, 0.2) is 0 Å². The highest BCUT2D eigenvalue weighted by molar-refractivity contribution is 9.10. The van der Waals surface area contributed by atoms with Crippen LogP contribution in [0.1, 0.15) is 16.8 Å². The third-order valence-electron chi connectivity index (χ3n) is 2.95. The van der Waals surface area contributed by atoms with E-state index in [1.165, 1.54) is 12.1 Å². The van der Waals surface area contributed by atoms with Crippen LogP contribution in [0, 0.1) is 10.1 Å². The van der Waals surface area contributed by atoms with Crippen LogP contribution in [0.2, 0.25) is 5.02 Å². The molecule has 0 fully saturated rings. The minimum atomic E-state index is -0.574. The number of amides is 1. The number of carbonyl (C=O) groups excluding carboxylic acids is 1. The van der Waals surface area contributed by atoms with Crippen molar-refractivity contribution in [3.05, 3.63) is 55.8 Å². The number of anilines is 1. The molecule has 0 aliphatic carbocycles. The van der Waals surface area contributed by atoms with Crippen LogP contribution in [0.5, 0.6) is 0 Å². The first-order valence-electron chi connectivity index (χ1n) is 6.91. The summed E-state index contributed by atoms with van der Waals surface area (Å²) in [6.07, 6.45) is 3.88. The lowest BCUT2D eigenvalue weighted by Gasteiger charge is -2.07. The molecule has 1 amide bonds. The molecule has 0 atom stereocenters. The number of rotatable bonds is 7. The standard InChI is InChI=1S/C14H13BrClN5O3/c15-9-7-19-14(20-8-9)18-5-1-4-17-13(22)11-6-10(21(23)24)2-3-12(11)16/h2-3,6-8H,1,4-5H2,(H,17,22)(H,18,19,20). The molecule has 0 radical (unpaired) electrons. The van der Waals surface area contributed by atoms with Gasteiger partial charge in [-0.1, -0.05) is 11.6 Å². The average molecular weight is 415 g/mol. The Morgan fingerprint density at radius 2 is 2.00 bits per heavy atom. The molecule has 0 aliphatic heterocycles. The van der Waals surface area contributed by atoms with E-state index in [0.29, 0.717) is 25.5 Å². The van der Waals surface area contributed by atoms with Gasteiger partial charge in [0.2, 0.25) is 5.95 Å². The van der Waals surface area contributed by atoms with E-state index in [-0.39, 0.29) is 16.3 Å². The molecule has 0 aliphatic rings. The van der Waals surface area contributed by atoms with Gasteiger partial charge in [0, 0.05) is 37.6 Å². The third kappa shape index (κ3) is 5.14. The zero-order chi connectivity index (χ0) is 17.5. The Kier molecular flexibility index (Phi) is 6.44. The fourth-order valence-corrected chi connectivity index (χ4v) is 2.20. The minimum Gasteiger partial charge on any atom is -0.354 e. The Morgan fingerprint density at radius 1 is 1.29 bits per heavy atom. The van der Waals surface area contributed by atoms with Gasteiger partial charge in [0.05, 0.1) is 20.0 Å². The molecule has 0 spiro atoms. The Morgan fingerprint density at radius 3 is 2.67 bits per heavy atom. The highest BCUT2D eigenvalue weighted by atomic mass is 79.9. The summed E-state index contributed by atoms with van der Waals surface area (Å²) >= 11 is 9.16. The SMILES string of the molecule is O=C(NCCCNc1ncc(Br)cn1)c1cc([N+](=O)[O-])ccc1Cl. The van der Waals surface area contributed by atoms with E-state index in [9.17, 15) is 14.9 Å². The smallest absolute Gasteiger partial charge is 0.270 e. The zero-order valence-electron chi connectivity index (χ0n) is 12.3. The normalized spacial score (nSPS) is 10.2. The molecule has 0 unspecified atom stereocenters. The second kappa shape index (κ2) is 8.55. The van der Waals surface area contributed by atoms with Crippen LogP contribution in [0.25, 0.3) is 0 Å². The number of halogens is 2. The maximum Gasteiger partial charge on any atom is 0.270 e. The van der Waals surface area contributed by atoms with Crippen LogP contribution in [0.4, 0.5) is 11.6 Å². The molecule has 10 heteroatoms. The monoisotopic (exact) mass is 413 g/mol. The predicted octanol–water partition coefficient (Wildman–Crippen LogP) is 3.03. The van der Waals surface area contributed by atoms with Crippen LogP contribution >= 0.6 is 27.5 Å². The molecule has 0 saturated carbocycles. The number of benzene rings is 1. The lowest BCUT2D eigenvalue weighted by molar-refractivity contribution is -0.384. The second-order valence-corrected chi connectivity index (χ2v) is 6.01. The summed E-state index contributed by atoms with van der Waals surface area (Å²) in [5.74, 6) is 0.0369. The van der Waals surface area contributed by atoms with Crippen LogP contribution in [-0.4, -0.2) is 33.9 Å². The van der Waals surface area contributed by atoms with Crippen molar-refractivity contribution in [3.8, 4) is 0 Å². The molecule has 2 aromatic rings. The van der Waals surface area contributed by atoms with E-state index < -0.39 is 10.8 Å². The summed E-state index contributed by atoms with van der Waals surface area (Å²) in [5.41, 5.74) is -0.103. The van der Waals surface area contributed by atoms with Crippen molar-refractivity contribution in [3.63, 3.8) is 0 Å². The second-order valence-electron chi connectivity index (χ2n) is 4.68. The molecule has 1 aromatic carbocycles. The van der Waals surface area contributed by atoms with Crippen LogP contribution in [0.3, 0.4) is 0 Å². The quantitative estimate of drug-likeness (QED) is 0.409. The predicted molar refractivity (Wildman–Crippen MR) is 93.3 cm³/mol. The van der Waals surface area contributed by atoms with Crippen molar-refractivity contribution in [2.45, 2.75) is 6.42 Å². The number of nitro benzene ring substituents is 1. The maximum atomic E-state index is 12.0. The minimum absolute atomic E-state index is 0.0788. The molecule has 24 heavy (non-hydrogen) atoms. The van der Waals surface area contributed by atoms with Gasteiger partial charge in [-0.25, -0.2) is 9.97 Å². The fourth-order valence-electron chi connectivity index (χ4n) is 1.79. The topological polar surface area (TPSA) is 110 Å². The summed E-state index contributed by atoms with van der Waals surface area (Å²) in [6.45, 7) is 0.936. The van der Waals surface area contributed by atoms with Crippen LogP contribution < -0.4 is 10.6 Å². The van der Waals surface area contributed by atoms with Crippen molar-refractivity contribution in [2.75, 3.05) is 18.4 Å². The van der Waals surface area contributed by atoms with Gasteiger partial charge in [-0.15, -0.1) is 0 Å². The highest BCUT2D eigenvalue weighted by Crippen LogP contribution is 2.21. The summed E-state index contributed by atoms with van der Waals surface area (Å²) in [4.78, 5) is 30.3. The third-order valence-corrected chi connectivity index (χ3v) is 3.69. The van der Waals surface area contributed by atoms with Gasteiger partial charge in [0.1, 0.15) is 0 Å². The lowest BCUT2D eigenvalue weighted by atomic mass is 10.2. The molecule has 126 valence electrons. The van der Waals surface area contributed by atoms with Crippen LogP contribution in [-0.2, 0) is 0 Å². The fraction of sp³-hybridized carbons (Fsp3) is 0.214. The Labute approximate surface area is 150 Å². The number of nitrogens with zero attached hydrogens (tertiary/aromatic N) is 3. The molecular weight excluding hydrogens is 402 g/mol. The van der Waals surface area contributed by atoms with E-state index >= 15 is 0 Å². The van der Waals surface area contributed by atoms with Crippen molar-refractivity contribution < 1.29 is 9.72 Å². The van der Waals surface area contributed by atoms with Gasteiger partial charge < -0.3 is 10.6 Å². The molecule has 8 nitrogen and oxygen atoms in total. The van der Waals surface area contributed by atoms with Crippen molar-refractivity contribution >= 4 is 45.1 Å². The van der Waals surface area contributed by atoms with Crippen molar-refractivity contribution in [1.29, 1.82) is 0 Å². The first kappa shape index (κ1) is 18.1. The van der Waals surface area contributed by atoms with Gasteiger partial charge in [-0.3, -0.25) is 14.9 Å². The number of hydrogen-bond donors (Lipinski definition) is 2. The zero-order valence-corrected chi connectivity index (χ0v) is 14.7. The Hall–Kier alpha value is -2.26. The Balaban J connectivity index is 1.80. The maximum absolute atomic E-state index is 12.0. The number of non-ortho nitro benzene ring substituents is 1. The number of aromatic nitrogens is 2. The molecular formula is C14H13BrClN5O3. The molecule has 2 N–H and O–H groups in total. The number of nitro groups is 1. The molecule has 2 rings (SSSR count). The first-order chi connectivity index (χ1) is 11.5. The van der Waals surface area contributed by atoms with Crippen LogP contribution in [0.15, 0.2) is 35.1 Å². The van der Waals surface area contributed by atoms with E-state index in [4.69, 9.17) is 11.6 Å². The molecule has 0 saturated heterocycles. The average Bonchev–Trinajstić information content (AvgIpc) is 2.56. The first-order valence-corrected chi connectivity index (χ1v) is 8.08. The molecule has 1 aromatic heterocycles. The molecule has 1 heterocycles. The number of nitrogens with one attached hydrogen (secondary N) is 2. The summed E-state index contributed by atoms with van der Waals surface area (Å²) < 4.78 is 0.786. The van der Waals surface area contributed by atoms with Gasteiger partial charge in [0.25, 0.3) is 11.6 Å². The summed E-state index contributed by atoms with van der Waals surface area (Å²) in [6, 6.07) is 3.74. The van der Waals surface area contributed by atoms with Gasteiger partial charge in [-0.05, 0) is 28.4 Å². The number of carbonyl (C=O) groups is 1. The van der Waals surface area contributed by atoms with Crippen molar-refractivity contribution in [1.82, 2.24) is 15.3 Å². The van der Waals surface area contributed by atoms with E-state index in [1.54, 1.807) is 12.4 Å². The van der Waals surface area contributed by atoms with Gasteiger partial charge in [-0.2, -0.15) is 0 Å². The highest BCUT2D eigenvalue weighted by Gasteiger charge is 2.15. The largest absolute Gasteiger partial charge is 0.354 e. The van der Waals surface area contributed by atoms with Crippen molar-refractivity contribution in [2.24, 2.45) is 0 Å². The Bertz CT molecular complexity index is 742. The van der Waals surface area contributed by atoms with E-state index in [1.807, 2.05) is 0 Å². The lowest BCUT2D eigenvalue weighted by Crippen LogP contribution is -2.26. The van der Waals surface area contributed by atoms with E-state index in [2.05, 4.69) is 36.5 Å². The van der Waals surface area contributed by atoms with Gasteiger partial charge >= 0.3 is 0 Å².